The van der Waals surface area contributed by atoms with Crippen LogP contribution in [0.3, 0.4) is 0 Å². The van der Waals surface area contributed by atoms with Gasteiger partial charge in [-0.1, -0.05) is 0 Å². The van der Waals surface area contributed by atoms with E-state index in [1.54, 1.807) is 12.3 Å². The number of hydrogen-bond donors (Lipinski definition) is 1. The summed E-state index contributed by atoms with van der Waals surface area (Å²) in [5.41, 5.74) is 0.837. The quantitative estimate of drug-likeness (QED) is 0.921. The van der Waals surface area contributed by atoms with E-state index in [0.717, 1.165) is 18.2 Å². The molecule has 0 aliphatic heterocycles. The van der Waals surface area contributed by atoms with Gasteiger partial charge in [-0.3, -0.25) is 4.79 Å². The van der Waals surface area contributed by atoms with E-state index in [1.807, 2.05) is 6.92 Å². The standard InChI is InChI=1S/C14H14F2N2O/c1-2-18-9-12(4-6-14(18)19)17-8-10-7-11(15)3-5-13(10)16/h3-7,9,17H,2,8H2,1H3. The minimum atomic E-state index is -0.475. The monoisotopic (exact) mass is 264 g/mol. The van der Waals surface area contributed by atoms with Crippen LogP contribution in [0.5, 0.6) is 0 Å². The lowest BCUT2D eigenvalue weighted by molar-refractivity contribution is 0.587. The van der Waals surface area contributed by atoms with Gasteiger partial charge in [0.25, 0.3) is 5.56 Å². The molecule has 1 heterocycles. The molecule has 0 aliphatic carbocycles. The molecular formula is C14H14F2N2O. The Morgan fingerprint density at radius 2 is 2.00 bits per heavy atom. The average Bonchev–Trinajstić information content (AvgIpc) is 2.41. The third-order valence-corrected chi connectivity index (χ3v) is 2.81. The van der Waals surface area contributed by atoms with Crippen LogP contribution in [0.25, 0.3) is 0 Å². The van der Waals surface area contributed by atoms with Crippen LogP contribution in [0.2, 0.25) is 0 Å². The van der Waals surface area contributed by atoms with E-state index in [9.17, 15) is 13.6 Å². The van der Waals surface area contributed by atoms with Crippen molar-refractivity contribution in [2.45, 2.75) is 20.0 Å². The molecule has 0 saturated heterocycles. The molecule has 0 atom stereocenters. The highest BCUT2D eigenvalue weighted by Crippen LogP contribution is 2.12. The predicted molar refractivity (Wildman–Crippen MR) is 70.1 cm³/mol. The first-order valence-electron chi connectivity index (χ1n) is 5.98. The second-order valence-electron chi connectivity index (χ2n) is 4.13. The maximum Gasteiger partial charge on any atom is 0.250 e. The van der Waals surface area contributed by atoms with Gasteiger partial charge in [0.1, 0.15) is 11.6 Å². The molecule has 2 rings (SSSR count). The van der Waals surface area contributed by atoms with E-state index < -0.39 is 11.6 Å². The molecule has 0 aliphatic rings. The maximum absolute atomic E-state index is 13.4. The summed E-state index contributed by atoms with van der Waals surface area (Å²) < 4.78 is 28.0. The van der Waals surface area contributed by atoms with Gasteiger partial charge >= 0.3 is 0 Å². The number of benzene rings is 1. The zero-order chi connectivity index (χ0) is 13.8. The minimum Gasteiger partial charge on any atom is -0.380 e. The van der Waals surface area contributed by atoms with Crippen molar-refractivity contribution in [1.82, 2.24) is 4.57 Å². The van der Waals surface area contributed by atoms with Gasteiger partial charge in [0, 0.05) is 30.9 Å². The van der Waals surface area contributed by atoms with Crippen LogP contribution in [-0.2, 0) is 13.1 Å². The second-order valence-corrected chi connectivity index (χ2v) is 4.13. The lowest BCUT2D eigenvalue weighted by Crippen LogP contribution is -2.18. The number of halogens is 2. The average molecular weight is 264 g/mol. The number of aryl methyl sites for hydroxylation is 1. The molecule has 1 aromatic heterocycles. The van der Waals surface area contributed by atoms with Gasteiger partial charge in [-0.2, -0.15) is 0 Å². The summed E-state index contributed by atoms with van der Waals surface area (Å²) >= 11 is 0. The van der Waals surface area contributed by atoms with E-state index in [-0.39, 0.29) is 17.7 Å². The molecule has 0 amide bonds. The van der Waals surface area contributed by atoms with Gasteiger partial charge in [-0.15, -0.1) is 0 Å². The molecule has 0 spiro atoms. The zero-order valence-electron chi connectivity index (χ0n) is 10.5. The third-order valence-electron chi connectivity index (χ3n) is 2.81. The van der Waals surface area contributed by atoms with Gasteiger partial charge in [0.05, 0.1) is 5.69 Å². The Morgan fingerprint density at radius 1 is 1.21 bits per heavy atom. The van der Waals surface area contributed by atoms with Crippen LogP contribution in [-0.4, -0.2) is 4.57 Å². The fraction of sp³-hybridized carbons (Fsp3) is 0.214. The number of anilines is 1. The summed E-state index contributed by atoms with van der Waals surface area (Å²) in [7, 11) is 0. The fourth-order valence-corrected chi connectivity index (χ4v) is 1.76. The van der Waals surface area contributed by atoms with E-state index in [0.29, 0.717) is 12.2 Å². The van der Waals surface area contributed by atoms with Crippen molar-refractivity contribution in [1.29, 1.82) is 0 Å². The van der Waals surface area contributed by atoms with Crippen molar-refractivity contribution in [3.05, 3.63) is 64.1 Å². The van der Waals surface area contributed by atoms with E-state index in [4.69, 9.17) is 0 Å². The van der Waals surface area contributed by atoms with Gasteiger partial charge < -0.3 is 9.88 Å². The van der Waals surface area contributed by atoms with Crippen molar-refractivity contribution in [2.24, 2.45) is 0 Å². The molecule has 3 nitrogen and oxygen atoms in total. The molecule has 100 valence electrons. The molecule has 0 radical (unpaired) electrons. The molecule has 0 fully saturated rings. The summed E-state index contributed by atoms with van der Waals surface area (Å²) in [6.45, 7) is 2.58. The van der Waals surface area contributed by atoms with Crippen LogP contribution < -0.4 is 10.9 Å². The predicted octanol–water partition coefficient (Wildman–Crippen LogP) is 2.76. The van der Waals surface area contributed by atoms with Gasteiger partial charge in [0.15, 0.2) is 0 Å². The van der Waals surface area contributed by atoms with Crippen molar-refractivity contribution >= 4 is 5.69 Å². The topological polar surface area (TPSA) is 34.0 Å². The van der Waals surface area contributed by atoms with Crippen LogP contribution in [0, 0.1) is 11.6 Å². The summed E-state index contributed by atoms with van der Waals surface area (Å²) in [5, 5.41) is 2.96. The number of nitrogens with zero attached hydrogens (tertiary/aromatic N) is 1. The fourth-order valence-electron chi connectivity index (χ4n) is 1.76. The molecule has 19 heavy (non-hydrogen) atoms. The van der Waals surface area contributed by atoms with Crippen LogP contribution in [0.15, 0.2) is 41.3 Å². The Kier molecular flexibility index (Phi) is 3.94. The first-order chi connectivity index (χ1) is 9.10. The summed E-state index contributed by atoms with van der Waals surface area (Å²) in [5.74, 6) is -0.936. The van der Waals surface area contributed by atoms with E-state index in [1.165, 1.54) is 10.6 Å². The smallest absolute Gasteiger partial charge is 0.250 e. The first-order valence-corrected chi connectivity index (χ1v) is 5.98. The van der Waals surface area contributed by atoms with Crippen LogP contribution in [0.4, 0.5) is 14.5 Å². The maximum atomic E-state index is 13.4. The van der Waals surface area contributed by atoms with Crippen molar-refractivity contribution in [3.8, 4) is 0 Å². The number of aromatic nitrogens is 1. The largest absolute Gasteiger partial charge is 0.380 e. The van der Waals surface area contributed by atoms with Crippen molar-refractivity contribution < 1.29 is 8.78 Å². The molecule has 1 aromatic carbocycles. The lowest BCUT2D eigenvalue weighted by atomic mass is 10.2. The lowest BCUT2D eigenvalue weighted by Gasteiger charge is -2.09. The highest BCUT2D eigenvalue weighted by Gasteiger charge is 2.04. The number of rotatable bonds is 4. The molecule has 0 saturated carbocycles. The number of pyridine rings is 1. The second kappa shape index (κ2) is 5.65. The van der Waals surface area contributed by atoms with Gasteiger partial charge in [-0.25, -0.2) is 8.78 Å². The molecule has 0 unspecified atom stereocenters. The Labute approximate surface area is 109 Å². The Bertz CT molecular complexity index is 638. The number of nitrogens with one attached hydrogen (secondary N) is 1. The molecular weight excluding hydrogens is 250 g/mol. The Hall–Kier alpha value is -2.17. The summed E-state index contributed by atoms with van der Waals surface area (Å²) in [6.07, 6.45) is 1.65. The molecule has 5 heteroatoms. The Morgan fingerprint density at radius 3 is 2.74 bits per heavy atom. The van der Waals surface area contributed by atoms with Gasteiger partial charge in [0.2, 0.25) is 0 Å². The minimum absolute atomic E-state index is 0.0926. The molecule has 0 bridgehead atoms. The van der Waals surface area contributed by atoms with Crippen molar-refractivity contribution in [3.63, 3.8) is 0 Å². The normalized spacial score (nSPS) is 10.5. The Balaban J connectivity index is 2.14. The SMILES string of the molecule is CCn1cc(NCc2cc(F)ccc2F)ccc1=O. The summed E-state index contributed by atoms with van der Waals surface area (Å²) in [6, 6.07) is 6.38. The summed E-state index contributed by atoms with van der Waals surface area (Å²) in [4.78, 5) is 11.4. The highest BCUT2D eigenvalue weighted by atomic mass is 19.1. The van der Waals surface area contributed by atoms with Crippen LogP contribution in [0.1, 0.15) is 12.5 Å². The van der Waals surface area contributed by atoms with Crippen molar-refractivity contribution in [2.75, 3.05) is 5.32 Å². The highest BCUT2D eigenvalue weighted by molar-refractivity contribution is 5.41. The van der Waals surface area contributed by atoms with E-state index in [2.05, 4.69) is 5.32 Å². The number of hydrogen-bond acceptors (Lipinski definition) is 2. The molecule has 2 aromatic rings. The first kappa shape index (κ1) is 13.3. The zero-order valence-corrected chi connectivity index (χ0v) is 10.5. The van der Waals surface area contributed by atoms with Crippen LogP contribution >= 0.6 is 0 Å². The third kappa shape index (κ3) is 3.19. The molecule has 1 N–H and O–H groups in total. The van der Waals surface area contributed by atoms with Gasteiger partial charge in [-0.05, 0) is 31.2 Å². The van der Waals surface area contributed by atoms with E-state index >= 15 is 0 Å².